The average molecular weight is 292 g/mol. The normalized spacial score (nSPS) is 21.6. The lowest BCUT2D eigenvalue weighted by Gasteiger charge is -2.30. The first-order valence-corrected chi connectivity index (χ1v) is 8.16. The lowest BCUT2D eigenvalue weighted by Crippen LogP contribution is -2.42. The monoisotopic (exact) mass is 292 g/mol. The van der Waals surface area contributed by atoms with Crippen molar-refractivity contribution < 1.29 is 9.53 Å². The van der Waals surface area contributed by atoms with Crippen molar-refractivity contribution in [2.45, 2.75) is 23.8 Å². The van der Waals surface area contributed by atoms with Crippen LogP contribution in [0.3, 0.4) is 0 Å². The summed E-state index contributed by atoms with van der Waals surface area (Å²) >= 11 is 1.86. The van der Waals surface area contributed by atoms with Gasteiger partial charge in [0.2, 0.25) is 5.91 Å². The maximum absolute atomic E-state index is 12.1. The third-order valence-corrected chi connectivity index (χ3v) is 4.75. The number of thioether (sulfide) groups is 1. The summed E-state index contributed by atoms with van der Waals surface area (Å²) in [5.74, 6) is 1.12. The fourth-order valence-electron chi connectivity index (χ4n) is 2.65. The third-order valence-electron chi connectivity index (χ3n) is 3.71. The number of nitrogens with zero attached hydrogens (tertiary/aromatic N) is 1. The van der Waals surface area contributed by atoms with Crippen LogP contribution in [0.2, 0.25) is 0 Å². The summed E-state index contributed by atoms with van der Waals surface area (Å²) in [7, 11) is 0. The number of ether oxygens (including phenoxy) is 1. The first-order valence-electron chi connectivity index (χ1n) is 7.18. The number of carbonyl (C=O) groups excluding carboxylic acids is 1. The molecule has 3 rings (SSSR count). The molecule has 0 spiro atoms. The first kappa shape index (κ1) is 13.8. The summed E-state index contributed by atoms with van der Waals surface area (Å²) in [5.41, 5.74) is 1.18. The molecule has 1 N–H and O–H groups in total. The zero-order valence-corrected chi connectivity index (χ0v) is 12.3. The van der Waals surface area contributed by atoms with Crippen LogP contribution in [0.4, 0.5) is 5.69 Å². The number of fused-ring (bicyclic) bond motifs is 1. The molecule has 1 fully saturated rings. The standard InChI is InChI=1S/C15H20N2O2S/c18-15(16-10-12-4-3-8-19-12)11-17-7-9-20-14-6-2-1-5-13(14)17/h1-2,5-6,12H,3-4,7-11H2,(H,16,18). The van der Waals surface area contributed by atoms with Crippen molar-refractivity contribution in [2.75, 3.05) is 36.9 Å². The van der Waals surface area contributed by atoms with Gasteiger partial charge in [0.25, 0.3) is 0 Å². The quantitative estimate of drug-likeness (QED) is 0.920. The number of anilines is 1. The lowest BCUT2D eigenvalue weighted by atomic mass is 10.2. The van der Waals surface area contributed by atoms with Crippen LogP contribution in [0, 0.1) is 0 Å². The second kappa shape index (κ2) is 6.50. The molecule has 1 saturated heterocycles. The number of hydrogen-bond donors (Lipinski definition) is 1. The molecular formula is C15H20N2O2S. The Morgan fingerprint density at radius 2 is 2.35 bits per heavy atom. The minimum Gasteiger partial charge on any atom is -0.376 e. The van der Waals surface area contributed by atoms with Crippen molar-refractivity contribution in [2.24, 2.45) is 0 Å². The zero-order chi connectivity index (χ0) is 13.8. The van der Waals surface area contributed by atoms with Crippen LogP contribution in [0.5, 0.6) is 0 Å². The highest BCUT2D eigenvalue weighted by atomic mass is 32.2. The minimum absolute atomic E-state index is 0.0854. The highest BCUT2D eigenvalue weighted by Crippen LogP contribution is 2.33. The van der Waals surface area contributed by atoms with Crippen LogP contribution >= 0.6 is 11.8 Å². The van der Waals surface area contributed by atoms with Gasteiger partial charge in [0, 0.05) is 30.3 Å². The van der Waals surface area contributed by atoms with Crippen LogP contribution in [-0.2, 0) is 9.53 Å². The van der Waals surface area contributed by atoms with Crippen molar-refractivity contribution in [3.05, 3.63) is 24.3 Å². The Morgan fingerprint density at radius 3 is 3.20 bits per heavy atom. The highest BCUT2D eigenvalue weighted by Gasteiger charge is 2.20. The van der Waals surface area contributed by atoms with Gasteiger partial charge in [-0.15, -0.1) is 11.8 Å². The fraction of sp³-hybridized carbons (Fsp3) is 0.533. The van der Waals surface area contributed by atoms with E-state index in [1.807, 2.05) is 23.9 Å². The van der Waals surface area contributed by atoms with Gasteiger partial charge in [-0.3, -0.25) is 4.79 Å². The van der Waals surface area contributed by atoms with Crippen molar-refractivity contribution in [3.63, 3.8) is 0 Å². The summed E-state index contributed by atoms with van der Waals surface area (Å²) in [6, 6.07) is 8.29. The van der Waals surface area contributed by atoms with Crippen molar-refractivity contribution in [1.82, 2.24) is 5.32 Å². The Bertz CT molecular complexity index is 475. The summed E-state index contributed by atoms with van der Waals surface area (Å²) in [4.78, 5) is 15.5. The molecule has 2 aliphatic rings. The highest BCUT2D eigenvalue weighted by molar-refractivity contribution is 7.99. The van der Waals surface area contributed by atoms with Crippen LogP contribution in [0.1, 0.15) is 12.8 Å². The number of benzene rings is 1. The number of hydrogen-bond acceptors (Lipinski definition) is 4. The number of para-hydroxylation sites is 1. The summed E-state index contributed by atoms with van der Waals surface area (Å²) < 4.78 is 5.52. The van der Waals surface area contributed by atoms with Crippen molar-refractivity contribution >= 4 is 23.4 Å². The van der Waals surface area contributed by atoms with Gasteiger partial charge in [-0.1, -0.05) is 12.1 Å². The van der Waals surface area contributed by atoms with Crippen LogP contribution in [0.15, 0.2) is 29.2 Å². The Kier molecular flexibility index (Phi) is 4.47. The van der Waals surface area contributed by atoms with E-state index in [-0.39, 0.29) is 12.0 Å². The van der Waals surface area contributed by atoms with Gasteiger partial charge in [-0.25, -0.2) is 0 Å². The summed E-state index contributed by atoms with van der Waals surface area (Å²) in [5, 5.41) is 2.99. The van der Waals surface area contributed by atoms with E-state index in [0.717, 1.165) is 31.7 Å². The van der Waals surface area contributed by atoms with Gasteiger partial charge in [0.05, 0.1) is 18.3 Å². The number of nitrogens with one attached hydrogen (secondary N) is 1. The topological polar surface area (TPSA) is 41.6 Å². The third kappa shape index (κ3) is 3.27. The van der Waals surface area contributed by atoms with E-state index >= 15 is 0 Å². The summed E-state index contributed by atoms with van der Waals surface area (Å²) in [6.45, 7) is 2.83. The van der Waals surface area contributed by atoms with Gasteiger partial charge in [0.1, 0.15) is 0 Å². The molecule has 4 nitrogen and oxygen atoms in total. The smallest absolute Gasteiger partial charge is 0.239 e. The number of rotatable bonds is 4. The van der Waals surface area contributed by atoms with E-state index in [1.165, 1.54) is 10.6 Å². The van der Waals surface area contributed by atoms with Gasteiger partial charge >= 0.3 is 0 Å². The molecule has 0 aromatic heterocycles. The molecule has 0 saturated carbocycles. The largest absolute Gasteiger partial charge is 0.376 e. The fourth-order valence-corrected chi connectivity index (χ4v) is 3.70. The van der Waals surface area contributed by atoms with E-state index < -0.39 is 0 Å². The summed E-state index contributed by atoms with van der Waals surface area (Å²) in [6.07, 6.45) is 2.38. The molecule has 1 aromatic rings. The molecule has 1 atom stereocenters. The SMILES string of the molecule is O=C(CN1CCSc2ccccc21)NCC1CCCO1. The number of amides is 1. The van der Waals surface area contributed by atoms with E-state index in [1.54, 1.807) is 0 Å². The molecule has 1 unspecified atom stereocenters. The van der Waals surface area contributed by atoms with E-state index in [4.69, 9.17) is 4.74 Å². The van der Waals surface area contributed by atoms with Crippen LogP contribution in [0.25, 0.3) is 0 Å². The second-order valence-corrected chi connectivity index (χ2v) is 6.31. The van der Waals surface area contributed by atoms with Gasteiger partial charge in [-0.2, -0.15) is 0 Å². The Morgan fingerprint density at radius 1 is 1.45 bits per heavy atom. The lowest BCUT2D eigenvalue weighted by molar-refractivity contribution is -0.120. The minimum atomic E-state index is 0.0854. The van der Waals surface area contributed by atoms with E-state index in [2.05, 4.69) is 22.3 Å². The molecule has 2 aliphatic heterocycles. The molecule has 0 bridgehead atoms. The van der Waals surface area contributed by atoms with Crippen molar-refractivity contribution in [1.29, 1.82) is 0 Å². The Hall–Kier alpha value is -1.20. The van der Waals surface area contributed by atoms with Gasteiger partial charge in [-0.05, 0) is 25.0 Å². The Balaban J connectivity index is 1.54. The molecule has 5 heteroatoms. The molecule has 20 heavy (non-hydrogen) atoms. The maximum atomic E-state index is 12.1. The predicted octanol–water partition coefficient (Wildman–Crippen LogP) is 1.89. The predicted molar refractivity (Wildman–Crippen MR) is 81.4 cm³/mol. The van der Waals surface area contributed by atoms with Gasteiger partial charge < -0.3 is 15.0 Å². The van der Waals surface area contributed by atoms with E-state index in [0.29, 0.717) is 13.1 Å². The first-order chi connectivity index (χ1) is 9.83. The second-order valence-electron chi connectivity index (χ2n) is 5.18. The van der Waals surface area contributed by atoms with Crippen LogP contribution < -0.4 is 10.2 Å². The Labute approximate surface area is 123 Å². The average Bonchev–Trinajstić information content (AvgIpc) is 2.99. The van der Waals surface area contributed by atoms with Gasteiger partial charge in [0.15, 0.2) is 0 Å². The van der Waals surface area contributed by atoms with Crippen molar-refractivity contribution in [3.8, 4) is 0 Å². The molecule has 0 aliphatic carbocycles. The molecule has 0 radical (unpaired) electrons. The zero-order valence-electron chi connectivity index (χ0n) is 11.5. The van der Waals surface area contributed by atoms with Crippen LogP contribution in [-0.4, -0.2) is 44.0 Å². The number of carbonyl (C=O) groups is 1. The molecule has 1 aromatic carbocycles. The molecule has 1 amide bonds. The molecular weight excluding hydrogens is 272 g/mol. The molecule has 108 valence electrons. The molecule has 2 heterocycles. The maximum Gasteiger partial charge on any atom is 0.239 e. The van der Waals surface area contributed by atoms with E-state index in [9.17, 15) is 4.79 Å².